The van der Waals surface area contributed by atoms with Crippen LogP contribution in [0.2, 0.25) is 5.02 Å². The van der Waals surface area contributed by atoms with Crippen LogP contribution in [0.4, 0.5) is 5.69 Å². The van der Waals surface area contributed by atoms with Crippen LogP contribution in [0.5, 0.6) is 0 Å². The van der Waals surface area contributed by atoms with Gasteiger partial charge in [-0.2, -0.15) is 0 Å². The van der Waals surface area contributed by atoms with E-state index in [1.165, 1.54) is 0 Å². The van der Waals surface area contributed by atoms with E-state index in [1.807, 2.05) is 35.9 Å². The fraction of sp³-hybridized carbons (Fsp3) is 0.227. The molecule has 1 aromatic heterocycles. The number of hydrogen-bond acceptors (Lipinski definition) is 3. The summed E-state index contributed by atoms with van der Waals surface area (Å²) >= 11 is 6.07. The summed E-state index contributed by atoms with van der Waals surface area (Å²) in [6.45, 7) is 2.50. The van der Waals surface area contributed by atoms with Gasteiger partial charge >= 0.3 is 0 Å². The van der Waals surface area contributed by atoms with E-state index in [-0.39, 0.29) is 17.9 Å². The molecule has 3 aromatic rings. The number of nitrogens with zero attached hydrogens (tertiary/aromatic N) is 3. The van der Waals surface area contributed by atoms with Crippen molar-refractivity contribution in [1.29, 1.82) is 0 Å². The van der Waals surface area contributed by atoms with Gasteiger partial charge in [0.25, 0.3) is 5.91 Å². The first-order chi connectivity index (χ1) is 13.9. The first-order valence-corrected chi connectivity index (χ1v) is 9.70. The van der Waals surface area contributed by atoms with Crippen LogP contribution in [0.3, 0.4) is 0 Å². The van der Waals surface area contributed by atoms with Crippen LogP contribution >= 0.6 is 11.6 Å². The van der Waals surface area contributed by atoms with Crippen molar-refractivity contribution in [2.45, 2.75) is 25.9 Å². The molecule has 0 aliphatic rings. The molecule has 2 aromatic carbocycles. The van der Waals surface area contributed by atoms with Gasteiger partial charge < -0.3 is 14.8 Å². The molecule has 1 N–H and O–H groups in total. The molecule has 7 heteroatoms. The van der Waals surface area contributed by atoms with E-state index in [0.717, 1.165) is 5.56 Å². The van der Waals surface area contributed by atoms with E-state index in [2.05, 4.69) is 10.3 Å². The van der Waals surface area contributed by atoms with Crippen molar-refractivity contribution in [3.05, 3.63) is 83.4 Å². The highest BCUT2D eigenvalue weighted by molar-refractivity contribution is 6.30. The molecule has 0 aliphatic heterocycles. The van der Waals surface area contributed by atoms with Crippen molar-refractivity contribution in [2.75, 3.05) is 12.4 Å². The van der Waals surface area contributed by atoms with E-state index in [9.17, 15) is 9.59 Å². The SMILES string of the molecule is CC(c1cccc(Cl)c1)N(C)C(=O)c1cccc(NC(=O)CCn2ccnc2)c1. The number of hydrogen-bond donors (Lipinski definition) is 1. The molecule has 0 spiro atoms. The molecule has 0 aliphatic carbocycles. The third-order valence-electron chi connectivity index (χ3n) is 4.78. The highest BCUT2D eigenvalue weighted by atomic mass is 35.5. The molecule has 0 saturated carbocycles. The molecule has 0 bridgehead atoms. The minimum absolute atomic E-state index is 0.121. The molecule has 2 amide bonds. The summed E-state index contributed by atoms with van der Waals surface area (Å²) in [6, 6.07) is 14.3. The van der Waals surface area contributed by atoms with Gasteiger partial charge in [0.15, 0.2) is 0 Å². The first-order valence-electron chi connectivity index (χ1n) is 9.32. The van der Waals surface area contributed by atoms with Crippen molar-refractivity contribution in [2.24, 2.45) is 0 Å². The lowest BCUT2D eigenvalue weighted by molar-refractivity contribution is -0.116. The Balaban J connectivity index is 1.64. The Labute approximate surface area is 175 Å². The second-order valence-electron chi connectivity index (χ2n) is 6.83. The average molecular weight is 411 g/mol. The summed E-state index contributed by atoms with van der Waals surface area (Å²) in [5, 5.41) is 3.48. The molecular formula is C22H23ClN4O2. The van der Waals surface area contributed by atoms with E-state index < -0.39 is 0 Å². The lowest BCUT2D eigenvalue weighted by Gasteiger charge is -2.25. The maximum Gasteiger partial charge on any atom is 0.254 e. The number of aryl methyl sites for hydroxylation is 1. The third kappa shape index (κ3) is 5.45. The number of aromatic nitrogens is 2. The molecule has 1 atom stereocenters. The van der Waals surface area contributed by atoms with Crippen LogP contribution in [0.15, 0.2) is 67.3 Å². The quantitative estimate of drug-likeness (QED) is 0.627. The predicted octanol–water partition coefficient (Wildman–Crippen LogP) is 4.40. The Hall–Kier alpha value is -3.12. The standard InChI is InChI=1S/C22H23ClN4O2/c1-16(17-5-3-7-19(23)13-17)26(2)22(29)18-6-4-8-20(14-18)25-21(28)9-11-27-12-10-24-15-27/h3-8,10,12-16H,9,11H2,1-2H3,(H,25,28). The van der Waals surface area contributed by atoms with Crippen molar-refractivity contribution < 1.29 is 9.59 Å². The number of carbonyl (C=O) groups is 2. The fourth-order valence-corrected chi connectivity index (χ4v) is 3.17. The summed E-state index contributed by atoms with van der Waals surface area (Å²) in [5.74, 6) is -0.254. The van der Waals surface area contributed by atoms with Crippen LogP contribution in [0, 0.1) is 0 Å². The van der Waals surface area contributed by atoms with E-state index in [1.54, 1.807) is 54.8 Å². The number of nitrogens with one attached hydrogen (secondary N) is 1. The number of benzene rings is 2. The number of rotatable bonds is 7. The normalized spacial score (nSPS) is 11.7. The van der Waals surface area contributed by atoms with Gasteiger partial charge in [-0.3, -0.25) is 9.59 Å². The van der Waals surface area contributed by atoms with Gasteiger partial charge in [0.05, 0.1) is 12.4 Å². The molecule has 0 fully saturated rings. The van der Waals surface area contributed by atoms with Gasteiger partial charge in [-0.05, 0) is 42.8 Å². The van der Waals surface area contributed by atoms with Gasteiger partial charge in [-0.1, -0.05) is 29.8 Å². The number of amides is 2. The van der Waals surface area contributed by atoms with E-state index >= 15 is 0 Å². The topological polar surface area (TPSA) is 67.2 Å². The van der Waals surface area contributed by atoms with E-state index in [0.29, 0.717) is 29.2 Å². The highest BCUT2D eigenvalue weighted by Gasteiger charge is 2.19. The van der Waals surface area contributed by atoms with E-state index in [4.69, 9.17) is 11.6 Å². The third-order valence-corrected chi connectivity index (χ3v) is 5.02. The highest BCUT2D eigenvalue weighted by Crippen LogP contribution is 2.24. The number of carbonyl (C=O) groups excluding carboxylic acids is 2. The molecule has 3 rings (SSSR count). The second kappa shape index (κ2) is 9.39. The van der Waals surface area contributed by atoms with Gasteiger partial charge in [0.2, 0.25) is 5.91 Å². The van der Waals surface area contributed by atoms with Crippen LogP contribution in [0.1, 0.15) is 35.3 Å². The average Bonchev–Trinajstić information content (AvgIpc) is 3.24. The maximum atomic E-state index is 12.9. The molecule has 1 heterocycles. The number of halogens is 1. The van der Waals surface area contributed by atoms with Crippen molar-refractivity contribution >= 4 is 29.1 Å². The monoisotopic (exact) mass is 410 g/mol. The summed E-state index contributed by atoms with van der Waals surface area (Å²) < 4.78 is 1.84. The Bertz CT molecular complexity index is 988. The van der Waals surface area contributed by atoms with Crippen molar-refractivity contribution in [3.8, 4) is 0 Å². The molecule has 1 unspecified atom stereocenters. The number of imidazole rings is 1. The Morgan fingerprint density at radius 3 is 2.72 bits per heavy atom. The lowest BCUT2D eigenvalue weighted by atomic mass is 10.1. The minimum Gasteiger partial charge on any atom is -0.337 e. The van der Waals surface area contributed by atoms with Gasteiger partial charge in [-0.25, -0.2) is 4.98 Å². The molecule has 6 nitrogen and oxygen atoms in total. The second-order valence-corrected chi connectivity index (χ2v) is 7.26. The molecule has 0 radical (unpaired) electrons. The van der Waals surface area contributed by atoms with Gasteiger partial charge in [0.1, 0.15) is 0 Å². The van der Waals surface area contributed by atoms with Gasteiger partial charge in [-0.15, -0.1) is 0 Å². The number of anilines is 1. The summed E-state index contributed by atoms with van der Waals surface area (Å²) in [7, 11) is 1.75. The minimum atomic E-state index is -0.144. The Morgan fingerprint density at radius 2 is 2.00 bits per heavy atom. The lowest BCUT2D eigenvalue weighted by Crippen LogP contribution is -2.29. The summed E-state index contributed by atoms with van der Waals surface area (Å²) in [6.07, 6.45) is 5.47. The predicted molar refractivity (Wildman–Crippen MR) is 114 cm³/mol. The zero-order chi connectivity index (χ0) is 20.8. The first kappa shape index (κ1) is 20.6. The Kier molecular flexibility index (Phi) is 6.67. The smallest absolute Gasteiger partial charge is 0.254 e. The van der Waals surface area contributed by atoms with Crippen LogP contribution in [-0.2, 0) is 11.3 Å². The maximum absolute atomic E-state index is 12.9. The van der Waals surface area contributed by atoms with Crippen LogP contribution in [-0.4, -0.2) is 33.3 Å². The van der Waals surface area contributed by atoms with Crippen molar-refractivity contribution in [1.82, 2.24) is 14.5 Å². The van der Waals surface area contributed by atoms with Gasteiger partial charge in [0, 0.05) is 48.7 Å². The Morgan fingerprint density at radius 1 is 1.21 bits per heavy atom. The molecule has 150 valence electrons. The van der Waals surface area contributed by atoms with Crippen LogP contribution < -0.4 is 5.32 Å². The summed E-state index contributed by atoms with van der Waals surface area (Å²) in [5.41, 5.74) is 2.06. The van der Waals surface area contributed by atoms with Crippen LogP contribution in [0.25, 0.3) is 0 Å². The molecule has 0 saturated heterocycles. The summed E-state index contributed by atoms with van der Waals surface area (Å²) in [4.78, 5) is 30.7. The zero-order valence-corrected chi connectivity index (χ0v) is 17.1. The molecule has 29 heavy (non-hydrogen) atoms. The largest absolute Gasteiger partial charge is 0.337 e. The molecular weight excluding hydrogens is 388 g/mol. The van der Waals surface area contributed by atoms with Crippen molar-refractivity contribution in [3.63, 3.8) is 0 Å². The fourth-order valence-electron chi connectivity index (χ4n) is 2.97. The zero-order valence-electron chi connectivity index (χ0n) is 16.4.